The highest BCUT2D eigenvalue weighted by Gasteiger charge is 2.43. The summed E-state index contributed by atoms with van der Waals surface area (Å²) < 4.78 is 6.18. The third-order valence-electron chi connectivity index (χ3n) is 6.26. The molecule has 0 saturated heterocycles. The van der Waals surface area contributed by atoms with Crippen LogP contribution in [-0.2, 0) is 4.74 Å². The van der Waals surface area contributed by atoms with Gasteiger partial charge in [-0.25, -0.2) is 0 Å². The molecular weight excluding hydrogens is 402 g/mol. The van der Waals surface area contributed by atoms with Gasteiger partial charge in [0.2, 0.25) is 0 Å². The second-order valence-electron chi connectivity index (χ2n) is 11.3. The quantitative estimate of drug-likeness (QED) is 0.367. The predicted molar refractivity (Wildman–Crippen MR) is 146 cm³/mol. The first-order valence-corrected chi connectivity index (χ1v) is 12.5. The highest BCUT2D eigenvalue weighted by Crippen LogP contribution is 2.46. The van der Waals surface area contributed by atoms with Crippen LogP contribution in [0.2, 0.25) is 0 Å². The number of pyridine rings is 1. The average molecular weight is 452 g/mol. The maximum atomic E-state index is 6.18. The minimum absolute atomic E-state index is 0.0455. The van der Waals surface area contributed by atoms with Crippen molar-refractivity contribution in [2.45, 2.75) is 101 Å². The zero-order valence-electron chi connectivity index (χ0n) is 23.1. The van der Waals surface area contributed by atoms with Crippen molar-refractivity contribution in [1.29, 1.82) is 0 Å². The first-order chi connectivity index (χ1) is 15.2. The highest BCUT2D eigenvalue weighted by atomic mass is 16.5. The summed E-state index contributed by atoms with van der Waals surface area (Å²) in [5.41, 5.74) is 6.26. The van der Waals surface area contributed by atoms with Crippen molar-refractivity contribution in [1.82, 2.24) is 4.98 Å². The Kier molecular flexibility index (Phi) is 11.0. The van der Waals surface area contributed by atoms with Gasteiger partial charge in [0.1, 0.15) is 0 Å². The van der Waals surface area contributed by atoms with E-state index in [-0.39, 0.29) is 11.0 Å². The van der Waals surface area contributed by atoms with Crippen molar-refractivity contribution in [3.05, 3.63) is 71.6 Å². The summed E-state index contributed by atoms with van der Waals surface area (Å²) in [5, 5.41) is 0. The number of rotatable bonds is 8. The lowest BCUT2D eigenvalue weighted by molar-refractivity contribution is -0.0927. The molecule has 0 radical (unpaired) electrons. The summed E-state index contributed by atoms with van der Waals surface area (Å²) in [7, 11) is 0. The summed E-state index contributed by atoms with van der Waals surface area (Å²) in [5.74, 6) is 0. The van der Waals surface area contributed by atoms with Crippen molar-refractivity contribution in [2.24, 2.45) is 10.8 Å². The third kappa shape index (κ3) is 9.45. The summed E-state index contributed by atoms with van der Waals surface area (Å²) in [6.07, 6.45) is 15.2. The van der Waals surface area contributed by atoms with E-state index in [9.17, 15) is 0 Å². The fourth-order valence-electron chi connectivity index (χ4n) is 4.52. The number of hydrogen-bond acceptors (Lipinski definition) is 2. The molecule has 0 aromatic carbocycles. The molecule has 2 nitrogen and oxygen atoms in total. The second-order valence-corrected chi connectivity index (χ2v) is 11.3. The molecular formula is C31H49NO. The minimum Gasteiger partial charge on any atom is -0.374 e. The molecule has 0 saturated carbocycles. The van der Waals surface area contributed by atoms with E-state index in [1.807, 2.05) is 6.20 Å². The Labute approximate surface area is 204 Å². The smallest absolute Gasteiger partial charge is 0.0781 e. The fourth-order valence-corrected chi connectivity index (χ4v) is 4.52. The zero-order valence-corrected chi connectivity index (χ0v) is 23.1. The van der Waals surface area contributed by atoms with Gasteiger partial charge in [0, 0.05) is 18.2 Å². The molecule has 1 aromatic heterocycles. The van der Waals surface area contributed by atoms with E-state index in [2.05, 4.69) is 117 Å². The molecule has 0 fully saturated rings. The summed E-state index contributed by atoms with van der Waals surface area (Å²) in [6, 6.07) is 4.19. The van der Waals surface area contributed by atoms with E-state index in [4.69, 9.17) is 4.74 Å². The van der Waals surface area contributed by atoms with Gasteiger partial charge in [-0.1, -0.05) is 76.1 Å². The first kappa shape index (κ1) is 29.1. The molecule has 0 bridgehead atoms. The Bertz CT molecular complexity index is 850. The van der Waals surface area contributed by atoms with Crippen molar-refractivity contribution >= 4 is 5.57 Å². The Hall–Kier alpha value is -1.93. The standard InChI is InChI=1S/C21H29NO.C10H20/c1-7-23-21(6,14-16(2)3)20(5)12-10-18(11-13-20)19-9-8-17(4)15-22-19;1-6-7-9(2)8-10(3,4)5/h8-12,15H,2,7,13-14H2,1,3-6H3;7H,6,8H2,1-5H3/b;9-7+. The van der Waals surface area contributed by atoms with Gasteiger partial charge in [-0.2, -0.15) is 0 Å². The topological polar surface area (TPSA) is 22.1 Å². The molecule has 1 aliphatic carbocycles. The molecule has 1 aromatic rings. The van der Waals surface area contributed by atoms with E-state index in [0.29, 0.717) is 12.0 Å². The molecule has 1 heterocycles. The van der Waals surface area contributed by atoms with E-state index < -0.39 is 0 Å². The van der Waals surface area contributed by atoms with Gasteiger partial charge in [-0.15, -0.1) is 6.58 Å². The first-order valence-electron chi connectivity index (χ1n) is 12.5. The Morgan fingerprint density at radius 3 is 2.24 bits per heavy atom. The largest absolute Gasteiger partial charge is 0.374 e. The zero-order chi connectivity index (χ0) is 25.3. The van der Waals surface area contributed by atoms with E-state index >= 15 is 0 Å². The van der Waals surface area contributed by atoms with Crippen LogP contribution >= 0.6 is 0 Å². The second kappa shape index (κ2) is 12.5. The van der Waals surface area contributed by atoms with Crippen molar-refractivity contribution in [3.63, 3.8) is 0 Å². The molecule has 0 aliphatic heterocycles. The molecule has 184 valence electrons. The number of hydrogen-bond donors (Lipinski definition) is 0. The molecule has 0 spiro atoms. The SMILES string of the molecule is C=C(C)CC(C)(OCC)C1(C)C=CC(c2ccc(C)cn2)=CC1.CC/C=C(\C)CC(C)(C)C. The number of ether oxygens (including phenoxy) is 1. The number of allylic oxidation sites excluding steroid dienone is 5. The van der Waals surface area contributed by atoms with Gasteiger partial charge >= 0.3 is 0 Å². The lowest BCUT2D eigenvalue weighted by Crippen LogP contribution is -2.45. The molecule has 2 heteroatoms. The van der Waals surface area contributed by atoms with Gasteiger partial charge < -0.3 is 4.74 Å². The average Bonchev–Trinajstić information content (AvgIpc) is 2.68. The van der Waals surface area contributed by atoms with Crippen LogP contribution in [-0.4, -0.2) is 17.2 Å². The lowest BCUT2D eigenvalue weighted by atomic mass is 9.67. The van der Waals surface area contributed by atoms with Gasteiger partial charge in [0.05, 0.1) is 11.3 Å². The van der Waals surface area contributed by atoms with Crippen molar-refractivity contribution in [2.75, 3.05) is 6.61 Å². The third-order valence-corrected chi connectivity index (χ3v) is 6.26. The van der Waals surface area contributed by atoms with Crippen LogP contribution in [0.5, 0.6) is 0 Å². The van der Waals surface area contributed by atoms with Gasteiger partial charge in [0.15, 0.2) is 0 Å². The van der Waals surface area contributed by atoms with E-state index in [0.717, 1.165) is 24.1 Å². The van der Waals surface area contributed by atoms with E-state index in [1.165, 1.54) is 29.6 Å². The van der Waals surface area contributed by atoms with Crippen LogP contribution < -0.4 is 0 Å². The highest BCUT2D eigenvalue weighted by molar-refractivity contribution is 5.73. The van der Waals surface area contributed by atoms with Crippen LogP contribution in [0.1, 0.15) is 99.3 Å². The number of aromatic nitrogens is 1. The van der Waals surface area contributed by atoms with Crippen LogP contribution in [0.4, 0.5) is 0 Å². The normalized spacial score (nSPS) is 20.4. The number of nitrogens with zero attached hydrogens (tertiary/aromatic N) is 1. The molecule has 2 unspecified atom stereocenters. The molecule has 2 rings (SSSR count). The monoisotopic (exact) mass is 451 g/mol. The summed E-state index contributed by atoms with van der Waals surface area (Å²) in [6.45, 7) is 26.7. The van der Waals surface area contributed by atoms with Crippen LogP contribution in [0.25, 0.3) is 5.57 Å². The lowest BCUT2D eigenvalue weighted by Gasteiger charge is -2.45. The summed E-state index contributed by atoms with van der Waals surface area (Å²) >= 11 is 0. The molecule has 2 atom stereocenters. The van der Waals surface area contributed by atoms with Crippen molar-refractivity contribution in [3.8, 4) is 0 Å². The predicted octanol–water partition coefficient (Wildman–Crippen LogP) is 9.28. The molecule has 1 aliphatic rings. The fraction of sp³-hybridized carbons (Fsp3) is 0.581. The van der Waals surface area contributed by atoms with Gasteiger partial charge in [-0.05, 0) is 82.9 Å². The maximum Gasteiger partial charge on any atom is 0.0781 e. The molecule has 33 heavy (non-hydrogen) atoms. The molecule has 0 N–H and O–H groups in total. The minimum atomic E-state index is -0.243. The Balaban J connectivity index is 0.000000461. The Morgan fingerprint density at radius 1 is 1.15 bits per heavy atom. The molecule has 0 amide bonds. The van der Waals surface area contributed by atoms with Gasteiger partial charge in [-0.3, -0.25) is 4.98 Å². The van der Waals surface area contributed by atoms with Gasteiger partial charge in [0.25, 0.3) is 0 Å². The Morgan fingerprint density at radius 2 is 1.82 bits per heavy atom. The summed E-state index contributed by atoms with van der Waals surface area (Å²) in [4.78, 5) is 4.53. The van der Waals surface area contributed by atoms with Crippen LogP contribution in [0, 0.1) is 17.8 Å². The van der Waals surface area contributed by atoms with Crippen LogP contribution in [0.3, 0.4) is 0 Å². The van der Waals surface area contributed by atoms with E-state index in [1.54, 1.807) is 0 Å². The van der Waals surface area contributed by atoms with Crippen molar-refractivity contribution < 1.29 is 4.74 Å². The van der Waals surface area contributed by atoms with Crippen LogP contribution in [0.15, 0.2) is 60.4 Å². The maximum absolute atomic E-state index is 6.18. The number of aryl methyl sites for hydroxylation is 1.